The van der Waals surface area contributed by atoms with Crippen molar-refractivity contribution in [3.8, 4) is 11.5 Å². The number of nitrogens with one attached hydrogen (secondary N) is 1. The number of aryl methyl sites for hydroxylation is 1. The molecule has 0 aliphatic carbocycles. The Morgan fingerprint density at radius 1 is 0.938 bits per heavy atom. The van der Waals surface area contributed by atoms with E-state index in [4.69, 9.17) is 14.2 Å². The zero-order valence-electron chi connectivity index (χ0n) is 18.1. The second kappa shape index (κ2) is 10.8. The van der Waals surface area contributed by atoms with Crippen LogP contribution in [0.1, 0.15) is 22.8 Å². The van der Waals surface area contributed by atoms with E-state index in [1.54, 1.807) is 48.5 Å². The molecule has 1 amide bonds. The maximum Gasteiger partial charge on any atom is 0.311 e. The van der Waals surface area contributed by atoms with E-state index in [-0.39, 0.29) is 6.42 Å². The van der Waals surface area contributed by atoms with Gasteiger partial charge in [-0.2, -0.15) is 0 Å². The summed E-state index contributed by atoms with van der Waals surface area (Å²) in [6.07, 6.45) is -1.15. The average Bonchev–Trinajstić information content (AvgIpc) is 2.80. The lowest BCUT2D eigenvalue weighted by molar-refractivity contribution is -0.154. The van der Waals surface area contributed by atoms with E-state index in [2.05, 4.69) is 21.2 Å². The maximum absolute atomic E-state index is 13.0. The first kappa shape index (κ1) is 23.3. The lowest BCUT2D eigenvalue weighted by Gasteiger charge is -2.19. The van der Waals surface area contributed by atoms with Crippen LogP contribution in [0.4, 0.5) is 5.69 Å². The molecule has 7 heteroatoms. The first-order chi connectivity index (χ1) is 15.4. The first-order valence-corrected chi connectivity index (χ1v) is 10.7. The van der Waals surface area contributed by atoms with Crippen LogP contribution in [0.3, 0.4) is 0 Å². The van der Waals surface area contributed by atoms with Crippen LogP contribution in [-0.2, 0) is 20.7 Å². The van der Waals surface area contributed by atoms with Crippen molar-refractivity contribution in [2.45, 2.75) is 19.4 Å². The number of methoxy groups -OCH3 is 2. The van der Waals surface area contributed by atoms with Crippen molar-refractivity contribution < 1.29 is 23.8 Å². The predicted molar refractivity (Wildman–Crippen MR) is 126 cm³/mol. The summed E-state index contributed by atoms with van der Waals surface area (Å²) in [4.78, 5) is 25.8. The highest BCUT2D eigenvalue weighted by Gasteiger charge is 2.26. The van der Waals surface area contributed by atoms with Gasteiger partial charge in [-0.15, -0.1) is 0 Å². The number of esters is 1. The number of carbonyl (C=O) groups excluding carboxylic acids is 2. The van der Waals surface area contributed by atoms with Gasteiger partial charge in [-0.25, -0.2) is 0 Å². The minimum Gasteiger partial charge on any atom is -0.493 e. The lowest BCUT2D eigenvalue weighted by atomic mass is 10.1. The number of halogens is 1. The molecule has 1 atom stereocenters. The molecule has 0 aliphatic heterocycles. The topological polar surface area (TPSA) is 73.9 Å². The summed E-state index contributed by atoms with van der Waals surface area (Å²) in [6.45, 7) is 1.96. The van der Waals surface area contributed by atoms with E-state index in [1.807, 2.05) is 25.1 Å². The second-order valence-electron chi connectivity index (χ2n) is 7.11. The van der Waals surface area contributed by atoms with Crippen LogP contribution in [0, 0.1) is 6.92 Å². The average molecular weight is 498 g/mol. The molecule has 6 nitrogen and oxygen atoms in total. The van der Waals surface area contributed by atoms with Crippen molar-refractivity contribution in [3.63, 3.8) is 0 Å². The van der Waals surface area contributed by atoms with E-state index >= 15 is 0 Å². The Morgan fingerprint density at radius 3 is 2.19 bits per heavy atom. The Kier molecular flexibility index (Phi) is 7.89. The number of hydrogen-bond donors (Lipinski definition) is 1. The fraction of sp³-hybridized carbons (Fsp3) is 0.200. The molecule has 0 bridgehead atoms. The fourth-order valence-corrected chi connectivity index (χ4v) is 3.57. The third-order valence-electron chi connectivity index (χ3n) is 4.80. The van der Waals surface area contributed by atoms with Crippen LogP contribution in [0.2, 0.25) is 0 Å². The van der Waals surface area contributed by atoms with Gasteiger partial charge in [0.25, 0.3) is 5.91 Å². The Bertz CT molecular complexity index is 1080. The fourth-order valence-electron chi connectivity index (χ4n) is 3.11. The predicted octanol–water partition coefficient (Wildman–Crippen LogP) is 5.24. The smallest absolute Gasteiger partial charge is 0.311 e. The van der Waals surface area contributed by atoms with Crippen LogP contribution < -0.4 is 14.8 Å². The quantitative estimate of drug-likeness (QED) is 0.430. The lowest BCUT2D eigenvalue weighted by Crippen LogP contribution is -2.26. The molecule has 0 saturated carbocycles. The third kappa shape index (κ3) is 5.88. The number of carbonyl (C=O) groups is 2. The molecule has 3 aromatic carbocycles. The molecule has 0 fully saturated rings. The standard InChI is InChI=1S/C25H24BrNO5/c1-16-9-11-19(12-10-16)27-25(29)24(17-7-5-4-6-8-17)32-23(28)14-18-13-21(30-2)22(31-3)15-20(18)26/h4-13,15,24H,14H2,1-3H3,(H,27,29)/t24-/m0/s1. The molecule has 166 valence electrons. The monoisotopic (exact) mass is 497 g/mol. The van der Waals surface area contributed by atoms with Gasteiger partial charge in [0.15, 0.2) is 11.5 Å². The molecular formula is C25H24BrNO5. The number of ether oxygens (including phenoxy) is 3. The van der Waals surface area contributed by atoms with Crippen molar-refractivity contribution in [1.82, 2.24) is 0 Å². The highest BCUT2D eigenvalue weighted by molar-refractivity contribution is 9.10. The molecule has 0 radical (unpaired) electrons. The molecule has 1 N–H and O–H groups in total. The van der Waals surface area contributed by atoms with Crippen molar-refractivity contribution in [2.24, 2.45) is 0 Å². The summed E-state index contributed by atoms with van der Waals surface area (Å²) in [6, 6.07) is 19.7. The molecule has 0 unspecified atom stereocenters. The van der Waals surface area contributed by atoms with Gasteiger partial charge in [-0.1, -0.05) is 64.0 Å². The van der Waals surface area contributed by atoms with Crippen molar-refractivity contribution in [3.05, 3.63) is 87.9 Å². The van der Waals surface area contributed by atoms with Gasteiger partial charge >= 0.3 is 5.97 Å². The number of benzene rings is 3. The largest absolute Gasteiger partial charge is 0.493 e. The van der Waals surface area contributed by atoms with Gasteiger partial charge in [0.05, 0.1) is 20.6 Å². The molecule has 3 aromatic rings. The second-order valence-corrected chi connectivity index (χ2v) is 7.97. The maximum atomic E-state index is 13.0. The molecule has 0 aromatic heterocycles. The number of rotatable bonds is 8. The highest BCUT2D eigenvalue weighted by atomic mass is 79.9. The normalized spacial score (nSPS) is 11.4. The summed E-state index contributed by atoms with van der Waals surface area (Å²) in [5, 5.41) is 2.82. The van der Waals surface area contributed by atoms with Crippen LogP contribution in [-0.4, -0.2) is 26.1 Å². The molecule has 0 aliphatic rings. The number of amides is 1. The van der Waals surface area contributed by atoms with Crippen LogP contribution in [0.25, 0.3) is 0 Å². The first-order valence-electron chi connectivity index (χ1n) is 9.93. The van der Waals surface area contributed by atoms with E-state index in [9.17, 15) is 9.59 Å². The number of hydrogen-bond acceptors (Lipinski definition) is 5. The Morgan fingerprint density at radius 2 is 1.56 bits per heavy atom. The zero-order chi connectivity index (χ0) is 23.1. The molecule has 0 saturated heterocycles. The zero-order valence-corrected chi connectivity index (χ0v) is 19.6. The Balaban J connectivity index is 1.80. The van der Waals surface area contributed by atoms with Crippen LogP contribution >= 0.6 is 15.9 Å². The summed E-state index contributed by atoms with van der Waals surface area (Å²) in [5.41, 5.74) is 2.94. The van der Waals surface area contributed by atoms with Gasteiger partial charge in [0, 0.05) is 15.7 Å². The SMILES string of the molecule is COc1cc(Br)c(CC(=O)O[C@H](C(=O)Nc2ccc(C)cc2)c2ccccc2)cc1OC. The highest BCUT2D eigenvalue weighted by Crippen LogP contribution is 2.34. The molecule has 0 heterocycles. The number of anilines is 1. The van der Waals surface area contributed by atoms with Gasteiger partial charge in [0.2, 0.25) is 6.10 Å². The molecular weight excluding hydrogens is 474 g/mol. The van der Waals surface area contributed by atoms with Gasteiger partial charge in [-0.3, -0.25) is 9.59 Å². The van der Waals surface area contributed by atoms with Crippen molar-refractivity contribution in [1.29, 1.82) is 0 Å². The van der Waals surface area contributed by atoms with Gasteiger partial charge in [-0.05, 0) is 36.8 Å². The summed E-state index contributed by atoms with van der Waals surface area (Å²) >= 11 is 3.45. The van der Waals surface area contributed by atoms with E-state index in [0.29, 0.717) is 32.8 Å². The Hall–Kier alpha value is -3.32. The van der Waals surface area contributed by atoms with Crippen molar-refractivity contribution in [2.75, 3.05) is 19.5 Å². The van der Waals surface area contributed by atoms with E-state index in [0.717, 1.165) is 5.56 Å². The summed E-state index contributed by atoms with van der Waals surface area (Å²) in [5.74, 6) is 0.0527. The molecule has 32 heavy (non-hydrogen) atoms. The van der Waals surface area contributed by atoms with E-state index in [1.165, 1.54) is 14.2 Å². The minimum atomic E-state index is -1.09. The van der Waals surface area contributed by atoms with Crippen LogP contribution in [0.15, 0.2) is 71.2 Å². The minimum absolute atomic E-state index is 0.0535. The molecule has 0 spiro atoms. The Labute approximate surface area is 195 Å². The van der Waals surface area contributed by atoms with Crippen LogP contribution in [0.5, 0.6) is 11.5 Å². The van der Waals surface area contributed by atoms with Crippen molar-refractivity contribution >= 4 is 33.5 Å². The van der Waals surface area contributed by atoms with Gasteiger partial charge < -0.3 is 19.5 Å². The summed E-state index contributed by atoms with van der Waals surface area (Å²) in [7, 11) is 3.06. The van der Waals surface area contributed by atoms with E-state index < -0.39 is 18.0 Å². The summed E-state index contributed by atoms with van der Waals surface area (Å²) < 4.78 is 16.9. The van der Waals surface area contributed by atoms with Gasteiger partial charge in [0.1, 0.15) is 0 Å². The molecule has 3 rings (SSSR count). The third-order valence-corrected chi connectivity index (χ3v) is 5.53.